The van der Waals surface area contributed by atoms with Crippen molar-refractivity contribution in [3.8, 4) is 17.2 Å². The van der Waals surface area contributed by atoms with Crippen molar-refractivity contribution in [2.45, 2.75) is 32.8 Å². The molecule has 0 bridgehead atoms. The minimum Gasteiger partial charge on any atom is -0.479 e. The van der Waals surface area contributed by atoms with Gasteiger partial charge in [0.25, 0.3) is 0 Å². The summed E-state index contributed by atoms with van der Waals surface area (Å²) in [5.41, 5.74) is 1.03. The van der Waals surface area contributed by atoms with Gasteiger partial charge in [-0.05, 0) is 36.6 Å². The van der Waals surface area contributed by atoms with E-state index in [0.29, 0.717) is 29.1 Å². The van der Waals surface area contributed by atoms with E-state index in [1.807, 2.05) is 24.3 Å². The fourth-order valence-corrected chi connectivity index (χ4v) is 3.00. The zero-order chi connectivity index (χ0) is 22.4. The zero-order valence-corrected chi connectivity index (χ0v) is 18.0. The topological polar surface area (TPSA) is 84.2 Å². The Morgan fingerprint density at radius 3 is 2.55 bits per heavy atom. The van der Waals surface area contributed by atoms with Gasteiger partial charge < -0.3 is 23.4 Å². The number of para-hydroxylation sites is 1. The molecule has 1 atom stereocenters. The van der Waals surface area contributed by atoms with Crippen LogP contribution in [0, 0.1) is 0 Å². The normalized spacial score (nSPS) is 12.0. The Morgan fingerprint density at radius 2 is 1.81 bits per heavy atom. The van der Waals surface area contributed by atoms with E-state index in [4.69, 9.17) is 23.4 Å². The average Bonchev–Trinajstić information content (AvgIpc) is 2.76. The van der Waals surface area contributed by atoms with Crippen LogP contribution < -0.4 is 14.9 Å². The number of carbonyl (C=O) groups excluding carboxylic acids is 1. The Labute approximate surface area is 180 Å². The SMILES string of the molecule is COCCOC(=O)C(C)Oc1ccc2c(=O)c(Oc3ccccc3C(C)C)coc2c1. The molecule has 0 aliphatic rings. The number of fused-ring (bicyclic) bond motifs is 1. The van der Waals surface area contributed by atoms with Crippen LogP contribution in [0.1, 0.15) is 32.3 Å². The number of hydrogen-bond acceptors (Lipinski definition) is 7. The van der Waals surface area contributed by atoms with Gasteiger partial charge in [0.15, 0.2) is 6.10 Å². The highest BCUT2D eigenvalue weighted by Crippen LogP contribution is 2.30. The van der Waals surface area contributed by atoms with Gasteiger partial charge in [0, 0.05) is 13.2 Å². The summed E-state index contributed by atoms with van der Waals surface area (Å²) in [5, 5.41) is 0.349. The van der Waals surface area contributed by atoms with E-state index in [0.717, 1.165) is 5.56 Å². The Bertz CT molecular complexity index is 1100. The molecule has 7 nitrogen and oxygen atoms in total. The van der Waals surface area contributed by atoms with E-state index in [2.05, 4.69) is 13.8 Å². The van der Waals surface area contributed by atoms with E-state index < -0.39 is 12.1 Å². The van der Waals surface area contributed by atoms with Crippen molar-refractivity contribution in [3.63, 3.8) is 0 Å². The van der Waals surface area contributed by atoms with Crippen molar-refractivity contribution in [2.75, 3.05) is 20.3 Å². The lowest BCUT2D eigenvalue weighted by molar-refractivity contribution is -0.152. The van der Waals surface area contributed by atoms with Crippen molar-refractivity contribution in [1.82, 2.24) is 0 Å². The Morgan fingerprint density at radius 1 is 1.03 bits per heavy atom. The van der Waals surface area contributed by atoms with E-state index >= 15 is 0 Å². The Balaban J connectivity index is 1.79. The number of hydrogen-bond donors (Lipinski definition) is 0. The van der Waals surface area contributed by atoms with Crippen molar-refractivity contribution in [3.05, 3.63) is 64.5 Å². The zero-order valence-electron chi connectivity index (χ0n) is 18.0. The molecule has 1 heterocycles. The minimum absolute atomic E-state index is 0.101. The molecule has 0 saturated carbocycles. The first-order chi connectivity index (χ1) is 14.9. The van der Waals surface area contributed by atoms with Crippen molar-refractivity contribution in [2.24, 2.45) is 0 Å². The molecule has 0 saturated heterocycles. The molecule has 0 N–H and O–H groups in total. The van der Waals surface area contributed by atoms with Crippen LogP contribution in [0.25, 0.3) is 11.0 Å². The highest BCUT2D eigenvalue weighted by Gasteiger charge is 2.18. The van der Waals surface area contributed by atoms with Crippen molar-refractivity contribution < 1.29 is 28.2 Å². The molecule has 0 fully saturated rings. The van der Waals surface area contributed by atoms with Gasteiger partial charge in [0.1, 0.15) is 30.0 Å². The van der Waals surface area contributed by atoms with Crippen LogP contribution in [0.2, 0.25) is 0 Å². The molecule has 7 heteroatoms. The molecule has 0 aliphatic carbocycles. The number of ether oxygens (including phenoxy) is 4. The van der Waals surface area contributed by atoms with Crippen LogP contribution in [0.4, 0.5) is 0 Å². The van der Waals surface area contributed by atoms with Crippen molar-refractivity contribution >= 4 is 16.9 Å². The van der Waals surface area contributed by atoms with E-state index in [9.17, 15) is 9.59 Å². The molecule has 3 aromatic rings. The van der Waals surface area contributed by atoms with Crippen LogP contribution in [-0.2, 0) is 14.3 Å². The largest absolute Gasteiger partial charge is 0.479 e. The van der Waals surface area contributed by atoms with E-state index in [1.54, 1.807) is 25.1 Å². The summed E-state index contributed by atoms with van der Waals surface area (Å²) in [4.78, 5) is 24.8. The maximum atomic E-state index is 12.9. The predicted octanol–water partition coefficient (Wildman–Crippen LogP) is 4.67. The van der Waals surface area contributed by atoms with Gasteiger partial charge in [-0.3, -0.25) is 4.79 Å². The molecule has 1 unspecified atom stereocenters. The number of esters is 1. The van der Waals surface area contributed by atoms with Crippen molar-refractivity contribution in [1.29, 1.82) is 0 Å². The summed E-state index contributed by atoms with van der Waals surface area (Å²) in [6.07, 6.45) is 0.463. The van der Waals surface area contributed by atoms with Crippen LogP contribution in [-0.4, -0.2) is 32.4 Å². The Hall–Kier alpha value is -3.32. The fraction of sp³-hybridized carbons (Fsp3) is 0.333. The summed E-state index contributed by atoms with van der Waals surface area (Å²) >= 11 is 0. The third-order valence-electron chi connectivity index (χ3n) is 4.65. The quantitative estimate of drug-likeness (QED) is 0.363. The van der Waals surface area contributed by atoms with Gasteiger partial charge in [0.2, 0.25) is 11.2 Å². The molecule has 1 aromatic heterocycles. The maximum absolute atomic E-state index is 12.9. The molecule has 0 radical (unpaired) electrons. The first kappa shape index (κ1) is 22.4. The molecule has 0 aliphatic heterocycles. The van der Waals surface area contributed by atoms with Gasteiger partial charge in [-0.2, -0.15) is 0 Å². The lowest BCUT2D eigenvalue weighted by Crippen LogP contribution is -2.27. The number of methoxy groups -OCH3 is 1. The average molecular weight is 426 g/mol. The summed E-state index contributed by atoms with van der Waals surface area (Å²) in [6, 6.07) is 12.3. The number of benzene rings is 2. The first-order valence-corrected chi connectivity index (χ1v) is 10.0. The third kappa shape index (κ3) is 5.44. The first-order valence-electron chi connectivity index (χ1n) is 10.0. The molecular formula is C24H26O7. The minimum atomic E-state index is -0.823. The molecule has 2 aromatic carbocycles. The van der Waals surface area contributed by atoms with Crippen LogP contribution >= 0.6 is 0 Å². The van der Waals surface area contributed by atoms with Crippen LogP contribution in [0.5, 0.6) is 17.2 Å². The lowest BCUT2D eigenvalue weighted by Gasteiger charge is -2.14. The van der Waals surface area contributed by atoms with Gasteiger partial charge >= 0.3 is 5.97 Å². The van der Waals surface area contributed by atoms with Gasteiger partial charge in [-0.1, -0.05) is 32.0 Å². The van der Waals surface area contributed by atoms with Gasteiger partial charge in [-0.15, -0.1) is 0 Å². The molecule has 0 spiro atoms. The molecule has 0 amide bonds. The highest BCUT2D eigenvalue weighted by molar-refractivity contribution is 5.79. The second kappa shape index (κ2) is 10.1. The monoisotopic (exact) mass is 426 g/mol. The molecule has 164 valence electrons. The summed E-state index contributed by atoms with van der Waals surface area (Å²) in [6.45, 7) is 6.16. The predicted molar refractivity (Wildman–Crippen MR) is 116 cm³/mol. The smallest absolute Gasteiger partial charge is 0.347 e. The highest BCUT2D eigenvalue weighted by atomic mass is 16.6. The van der Waals surface area contributed by atoms with Gasteiger partial charge in [0.05, 0.1) is 12.0 Å². The summed E-state index contributed by atoms with van der Waals surface area (Å²) < 4.78 is 27.0. The third-order valence-corrected chi connectivity index (χ3v) is 4.65. The van der Waals surface area contributed by atoms with Gasteiger partial charge in [-0.25, -0.2) is 4.79 Å². The van der Waals surface area contributed by atoms with E-state index in [1.165, 1.54) is 13.4 Å². The summed E-state index contributed by atoms with van der Waals surface area (Å²) in [7, 11) is 1.52. The molecule has 3 rings (SSSR count). The Kier molecular flexibility index (Phi) is 7.31. The number of rotatable bonds is 9. The molecular weight excluding hydrogens is 400 g/mol. The standard InChI is InChI=1S/C24H26O7/c1-15(2)18-7-5-6-8-20(18)31-22-14-29-21-13-17(9-10-19(21)23(22)25)30-16(3)24(26)28-12-11-27-4/h5-10,13-16H,11-12H2,1-4H3. The van der Waals surface area contributed by atoms with Crippen LogP contribution in [0.3, 0.4) is 0 Å². The second-order valence-corrected chi connectivity index (χ2v) is 7.30. The van der Waals surface area contributed by atoms with E-state index in [-0.39, 0.29) is 23.7 Å². The summed E-state index contributed by atoms with van der Waals surface area (Å²) in [5.74, 6) is 0.831. The van der Waals surface area contributed by atoms with Crippen LogP contribution in [0.15, 0.2) is 57.9 Å². The molecule has 31 heavy (non-hydrogen) atoms. The fourth-order valence-electron chi connectivity index (χ4n) is 3.00. The lowest BCUT2D eigenvalue weighted by atomic mass is 10.0. The maximum Gasteiger partial charge on any atom is 0.347 e. The number of carbonyl (C=O) groups is 1. The second-order valence-electron chi connectivity index (χ2n) is 7.30.